The van der Waals surface area contributed by atoms with Crippen molar-refractivity contribution in [1.29, 1.82) is 0 Å². The van der Waals surface area contributed by atoms with Gasteiger partial charge in [0.15, 0.2) is 5.82 Å². The fraction of sp³-hybridized carbons (Fsp3) is 0.111. The van der Waals surface area contributed by atoms with Crippen LogP contribution in [0.1, 0.15) is 16.1 Å². The van der Waals surface area contributed by atoms with Gasteiger partial charge in [0.25, 0.3) is 0 Å². The van der Waals surface area contributed by atoms with Gasteiger partial charge >= 0.3 is 5.97 Å². The van der Waals surface area contributed by atoms with E-state index in [0.29, 0.717) is 5.33 Å². The van der Waals surface area contributed by atoms with Crippen LogP contribution in [0.25, 0.3) is 0 Å². The van der Waals surface area contributed by atoms with Crippen LogP contribution in [-0.2, 0) is 0 Å². The summed E-state index contributed by atoms with van der Waals surface area (Å²) < 4.78 is 12.8. The van der Waals surface area contributed by atoms with Gasteiger partial charge in [-0.25, -0.2) is 14.2 Å². The molecule has 0 fully saturated rings. The molecule has 0 amide bonds. The normalized spacial score (nSPS) is 9.00. The number of alkyl halides is 1. The van der Waals surface area contributed by atoms with Crippen molar-refractivity contribution >= 4 is 21.9 Å². The highest BCUT2D eigenvalue weighted by Crippen LogP contribution is 2.06. The molecule has 14 heavy (non-hydrogen) atoms. The summed E-state index contributed by atoms with van der Waals surface area (Å²) in [5.41, 5.74) is -0.179. The summed E-state index contributed by atoms with van der Waals surface area (Å²) in [4.78, 5) is 14.1. The van der Waals surface area contributed by atoms with Gasteiger partial charge in [0.2, 0.25) is 0 Å². The van der Waals surface area contributed by atoms with Gasteiger partial charge in [-0.3, -0.25) is 0 Å². The fourth-order valence-corrected chi connectivity index (χ4v) is 0.935. The van der Waals surface area contributed by atoms with Crippen molar-refractivity contribution < 1.29 is 14.3 Å². The maximum Gasteiger partial charge on any atom is 0.338 e. The smallest absolute Gasteiger partial charge is 0.338 e. The Kier molecular flexibility index (Phi) is 3.60. The average molecular weight is 258 g/mol. The van der Waals surface area contributed by atoms with Gasteiger partial charge in [-0.2, -0.15) is 0 Å². The molecule has 0 bridgehead atoms. The van der Waals surface area contributed by atoms with Crippen LogP contribution >= 0.6 is 15.9 Å². The van der Waals surface area contributed by atoms with Gasteiger partial charge in [0.1, 0.15) is 5.69 Å². The summed E-state index contributed by atoms with van der Waals surface area (Å²) in [6.45, 7) is 0. The van der Waals surface area contributed by atoms with E-state index in [1.807, 2.05) is 0 Å². The van der Waals surface area contributed by atoms with Crippen molar-refractivity contribution in [2.75, 3.05) is 5.33 Å². The molecular formula is C9H5BrFNO2. The number of rotatable bonds is 1. The van der Waals surface area contributed by atoms with Gasteiger partial charge in [-0.1, -0.05) is 21.9 Å². The van der Waals surface area contributed by atoms with Crippen molar-refractivity contribution in [2.45, 2.75) is 0 Å². The number of carboxylic acid groups (broad SMARTS) is 1. The topological polar surface area (TPSA) is 50.2 Å². The first kappa shape index (κ1) is 10.7. The van der Waals surface area contributed by atoms with E-state index in [1.54, 1.807) is 0 Å². The van der Waals surface area contributed by atoms with E-state index in [1.165, 1.54) is 0 Å². The molecular weight excluding hydrogens is 253 g/mol. The first-order valence-electron chi connectivity index (χ1n) is 3.59. The zero-order valence-corrected chi connectivity index (χ0v) is 8.51. The number of hydrogen-bond acceptors (Lipinski definition) is 2. The summed E-state index contributed by atoms with van der Waals surface area (Å²) in [5, 5.41) is 9.04. The van der Waals surface area contributed by atoms with Crippen LogP contribution in [0.15, 0.2) is 12.3 Å². The third-order valence-electron chi connectivity index (χ3n) is 1.37. The second-order valence-electron chi connectivity index (χ2n) is 2.29. The summed E-state index contributed by atoms with van der Waals surface area (Å²) in [5.74, 6) is 3.03. The predicted molar refractivity (Wildman–Crippen MR) is 51.8 cm³/mol. The zero-order valence-electron chi connectivity index (χ0n) is 6.92. The lowest BCUT2D eigenvalue weighted by Gasteiger charge is -1.96. The van der Waals surface area contributed by atoms with E-state index in [9.17, 15) is 9.18 Å². The van der Waals surface area contributed by atoms with Crippen LogP contribution in [0.5, 0.6) is 0 Å². The number of pyridine rings is 1. The first-order chi connectivity index (χ1) is 6.65. The SMILES string of the molecule is O=C(O)c1cc(C#CCBr)ncc1F. The molecule has 0 aliphatic carbocycles. The van der Waals surface area contributed by atoms with E-state index >= 15 is 0 Å². The quantitative estimate of drug-likeness (QED) is 0.615. The molecule has 0 radical (unpaired) electrons. The lowest BCUT2D eigenvalue weighted by Crippen LogP contribution is -2.02. The third-order valence-corrected chi connectivity index (χ3v) is 1.65. The molecule has 1 aromatic rings. The maximum absolute atomic E-state index is 12.8. The molecule has 0 aliphatic rings. The number of aromatic carboxylic acids is 1. The fourth-order valence-electron chi connectivity index (χ4n) is 0.795. The summed E-state index contributed by atoms with van der Waals surface area (Å²) in [6.07, 6.45) is 0.849. The lowest BCUT2D eigenvalue weighted by atomic mass is 10.2. The molecule has 0 atom stereocenters. The molecule has 0 aliphatic heterocycles. The van der Waals surface area contributed by atoms with Gasteiger partial charge in [-0.05, 0) is 12.0 Å². The second kappa shape index (κ2) is 4.72. The molecule has 1 heterocycles. The van der Waals surface area contributed by atoms with Crippen LogP contribution in [0.4, 0.5) is 4.39 Å². The van der Waals surface area contributed by atoms with E-state index in [4.69, 9.17) is 5.11 Å². The van der Waals surface area contributed by atoms with Crippen molar-refractivity contribution in [3.05, 3.63) is 29.3 Å². The third kappa shape index (κ3) is 2.54. The second-order valence-corrected chi connectivity index (χ2v) is 2.85. The van der Waals surface area contributed by atoms with Gasteiger partial charge in [0.05, 0.1) is 17.1 Å². The van der Waals surface area contributed by atoms with E-state index in [0.717, 1.165) is 12.3 Å². The van der Waals surface area contributed by atoms with Crippen molar-refractivity contribution in [3.8, 4) is 11.8 Å². The van der Waals surface area contributed by atoms with Crippen molar-refractivity contribution in [3.63, 3.8) is 0 Å². The van der Waals surface area contributed by atoms with E-state index in [-0.39, 0.29) is 5.69 Å². The molecule has 1 rings (SSSR count). The van der Waals surface area contributed by atoms with Crippen LogP contribution in [0.3, 0.4) is 0 Å². The van der Waals surface area contributed by atoms with Crippen LogP contribution in [0.2, 0.25) is 0 Å². The molecule has 3 nitrogen and oxygen atoms in total. The van der Waals surface area contributed by atoms with Crippen LogP contribution in [-0.4, -0.2) is 21.4 Å². The number of aromatic nitrogens is 1. The van der Waals surface area contributed by atoms with Crippen molar-refractivity contribution in [2.24, 2.45) is 0 Å². The molecule has 0 spiro atoms. The van der Waals surface area contributed by atoms with Crippen LogP contribution < -0.4 is 0 Å². The molecule has 1 N–H and O–H groups in total. The zero-order chi connectivity index (χ0) is 10.6. The average Bonchev–Trinajstić information content (AvgIpc) is 2.16. The standard InChI is InChI=1S/C9H5BrFNO2/c10-3-1-2-6-4-7(9(13)14)8(11)5-12-6/h4-5H,3H2,(H,13,14). The number of halogens is 2. The molecule has 0 aromatic carbocycles. The Bertz CT molecular complexity index is 423. The Morgan fingerprint density at radius 1 is 1.71 bits per heavy atom. The van der Waals surface area contributed by atoms with E-state index in [2.05, 4.69) is 32.8 Å². The van der Waals surface area contributed by atoms with Crippen LogP contribution in [0, 0.1) is 17.7 Å². The van der Waals surface area contributed by atoms with Gasteiger partial charge in [0, 0.05) is 0 Å². The Morgan fingerprint density at radius 2 is 2.43 bits per heavy atom. The maximum atomic E-state index is 12.8. The number of carbonyl (C=O) groups is 1. The molecule has 5 heteroatoms. The Morgan fingerprint density at radius 3 is 3.00 bits per heavy atom. The summed E-state index contributed by atoms with van der Waals surface area (Å²) in [7, 11) is 0. The summed E-state index contributed by atoms with van der Waals surface area (Å²) in [6, 6.07) is 1.10. The molecule has 1 aromatic heterocycles. The minimum Gasteiger partial charge on any atom is -0.478 e. The number of nitrogens with zero attached hydrogens (tertiary/aromatic N) is 1. The summed E-state index contributed by atoms with van der Waals surface area (Å²) >= 11 is 3.08. The Hall–Kier alpha value is -1.41. The molecule has 0 unspecified atom stereocenters. The van der Waals surface area contributed by atoms with Crippen molar-refractivity contribution in [1.82, 2.24) is 4.98 Å². The highest BCUT2D eigenvalue weighted by molar-refractivity contribution is 9.09. The Balaban J connectivity index is 3.13. The van der Waals surface area contributed by atoms with Gasteiger partial charge in [-0.15, -0.1) is 0 Å². The first-order valence-corrected chi connectivity index (χ1v) is 4.71. The monoisotopic (exact) mass is 257 g/mol. The van der Waals surface area contributed by atoms with E-state index < -0.39 is 17.3 Å². The molecule has 0 saturated heterocycles. The highest BCUT2D eigenvalue weighted by atomic mass is 79.9. The van der Waals surface area contributed by atoms with Gasteiger partial charge < -0.3 is 5.11 Å². The highest BCUT2D eigenvalue weighted by Gasteiger charge is 2.10. The number of hydrogen-bond donors (Lipinski definition) is 1. The minimum atomic E-state index is -1.33. The predicted octanol–water partition coefficient (Wildman–Crippen LogP) is 1.67. The minimum absolute atomic E-state index is 0.239. The number of carboxylic acids is 1. The lowest BCUT2D eigenvalue weighted by molar-refractivity contribution is 0.0691. The largest absolute Gasteiger partial charge is 0.478 e. The Labute approximate surface area is 88.1 Å². The molecule has 72 valence electrons. The molecule has 0 saturated carbocycles.